The van der Waals surface area contributed by atoms with E-state index < -0.39 is 6.09 Å². The van der Waals surface area contributed by atoms with Crippen molar-refractivity contribution >= 4 is 40.8 Å². The summed E-state index contributed by atoms with van der Waals surface area (Å²) in [6.07, 6.45) is -0.510. The van der Waals surface area contributed by atoms with E-state index in [0.29, 0.717) is 17.1 Å². The molecule has 0 aliphatic rings. The van der Waals surface area contributed by atoms with E-state index in [1.54, 1.807) is 18.2 Å². The molecule has 0 heterocycles. The molecule has 4 N–H and O–H groups in total. The second-order valence-corrected chi connectivity index (χ2v) is 5.82. The van der Waals surface area contributed by atoms with Crippen molar-refractivity contribution < 1.29 is 14.3 Å². The van der Waals surface area contributed by atoms with Gasteiger partial charge in [-0.3, -0.25) is 10.1 Å². The van der Waals surface area contributed by atoms with Gasteiger partial charge in [-0.1, -0.05) is 11.8 Å². The molecule has 0 unspecified atom stereocenters. The fourth-order valence-corrected chi connectivity index (χ4v) is 2.67. The Kier molecular flexibility index (Phi) is 5.48. The SMILES string of the molecule is COC(=O)Nc1ccc(Sc2ccc(N)c(NC(C)=O)c2)cc1. The predicted molar refractivity (Wildman–Crippen MR) is 91.8 cm³/mol. The van der Waals surface area contributed by atoms with Crippen LogP contribution < -0.4 is 16.4 Å². The third kappa shape index (κ3) is 4.93. The Bertz CT molecular complexity index is 717. The monoisotopic (exact) mass is 331 g/mol. The van der Waals surface area contributed by atoms with Crippen LogP contribution in [-0.4, -0.2) is 19.1 Å². The fraction of sp³-hybridized carbons (Fsp3) is 0.125. The number of hydrogen-bond acceptors (Lipinski definition) is 5. The summed E-state index contributed by atoms with van der Waals surface area (Å²) in [6, 6.07) is 12.8. The molecule has 0 fully saturated rings. The van der Waals surface area contributed by atoms with Gasteiger partial charge in [0, 0.05) is 22.4 Å². The fourth-order valence-electron chi connectivity index (χ4n) is 1.81. The van der Waals surface area contributed by atoms with Crippen molar-refractivity contribution in [2.24, 2.45) is 0 Å². The second-order valence-electron chi connectivity index (χ2n) is 4.67. The van der Waals surface area contributed by atoms with Crippen LogP contribution in [0.1, 0.15) is 6.92 Å². The van der Waals surface area contributed by atoms with E-state index in [1.165, 1.54) is 25.8 Å². The van der Waals surface area contributed by atoms with Crippen molar-refractivity contribution in [1.29, 1.82) is 0 Å². The van der Waals surface area contributed by atoms with Gasteiger partial charge in [-0.05, 0) is 42.5 Å². The highest BCUT2D eigenvalue weighted by molar-refractivity contribution is 7.99. The standard InChI is InChI=1S/C16H17N3O3S/c1-10(20)18-15-9-13(7-8-14(15)17)23-12-5-3-11(4-6-12)19-16(21)22-2/h3-9H,17H2,1-2H3,(H,18,20)(H,19,21). The van der Waals surface area contributed by atoms with E-state index in [1.807, 2.05) is 24.3 Å². The first kappa shape index (κ1) is 16.7. The Morgan fingerprint density at radius 2 is 1.70 bits per heavy atom. The van der Waals surface area contributed by atoms with Gasteiger partial charge in [0.2, 0.25) is 5.91 Å². The first-order chi connectivity index (χ1) is 11.0. The zero-order chi connectivity index (χ0) is 16.8. The molecule has 23 heavy (non-hydrogen) atoms. The maximum absolute atomic E-state index is 11.2. The highest BCUT2D eigenvalue weighted by atomic mass is 32.2. The topological polar surface area (TPSA) is 93.4 Å². The van der Waals surface area contributed by atoms with Crippen molar-refractivity contribution in [2.45, 2.75) is 16.7 Å². The molecule has 0 aromatic heterocycles. The number of nitrogen functional groups attached to an aromatic ring is 1. The molecule has 2 amide bonds. The van der Waals surface area contributed by atoms with Crippen molar-refractivity contribution in [3.8, 4) is 0 Å². The molecule has 0 saturated carbocycles. The zero-order valence-corrected chi connectivity index (χ0v) is 13.6. The molecule has 7 heteroatoms. The zero-order valence-electron chi connectivity index (χ0n) is 12.8. The lowest BCUT2D eigenvalue weighted by atomic mass is 10.2. The molecular weight excluding hydrogens is 314 g/mol. The Morgan fingerprint density at radius 3 is 2.30 bits per heavy atom. The summed E-state index contributed by atoms with van der Waals surface area (Å²) in [4.78, 5) is 24.2. The summed E-state index contributed by atoms with van der Waals surface area (Å²) in [7, 11) is 1.31. The minimum atomic E-state index is -0.510. The summed E-state index contributed by atoms with van der Waals surface area (Å²) in [6.45, 7) is 1.44. The molecule has 2 aromatic carbocycles. The number of carbonyl (C=O) groups is 2. The number of benzene rings is 2. The van der Waals surface area contributed by atoms with E-state index in [-0.39, 0.29) is 5.91 Å². The summed E-state index contributed by atoms with van der Waals surface area (Å²) < 4.78 is 4.53. The summed E-state index contributed by atoms with van der Waals surface area (Å²) in [5.41, 5.74) is 7.59. The number of rotatable bonds is 4. The molecule has 2 rings (SSSR count). The molecule has 0 saturated heterocycles. The Hall–Kier alpha value is -2.67. The smallest absolute Gasteiger partial charge is 0.411 e. The highest BCUT2D eigenvalue weighted by Crippen LogP contribution is 2.32. The normalized spacial score (nSPS) is 10.0. The molecule has 0 radical (unpaired) electrons. The van der Waals surface area contributed by atoms with Gasteiger partial charge in [-0.25, -0.2) is 4.79 Å². The lowest BCUT2D eigenvalue weighted by Gasteiger charge is -2.09. The van der Waals surface area contributed by atoms with Crippen LogP contribution in [-0.2, 0) is 9.53 Å². The average Bonchev–Trinajstić information content (AvgIpc) is 2.52. The molecule has 6 nitrogen and oxygen atoms in total. The van der Waals surface area contributed by atoms with Crippen molar-refractivity contribution in [3.63, 3.8) is 0 Å². The van der Waals surface area contributed by atoms with E-state index in [2.05, 4.69) is 15.4 Å². The number of ether oxygens (including phenoxy) is 1. The third-order valence-electron chi connectivity index (χ3n) is 2.86. The number of amides is 2. The first-order valence-electron chi connectivity index (χ1n) is 6.78. The molecule has 0 bridgehead atoms. The largest absolute Gasteiger partial charge is 0.453 e. The average molecular weight is 331 g/mol. The van der Waals surface area contributed by atoms with Crippen LogP contribution in [0.15, 0.2) is 52.3 Å². The molecule has 0 atom stereocenters. The van der Waals surface area contributed by atoms with Crippen LogP contribution in [0.25, 0.3) is 0 Å². The minimum absolute atomic E-state index is 0.169. The van der Waals surface area contributed by atoms with E-state index in [4.69, 9.17) is 5.73 Å². The van der Waals surface area contributed by atoms with Crippen molar-refractivity contribution in [1.82, 2.24) is 0 Å². The van der Waals surface area contributed by atoms with Gasteiger partial charge < -0.3 is 15.8 Å². The maximum atomic E-state index is 11.2. The minimum Gasteiger partial charge on any atom is -0.453 e. The first-order valence-corrected chi connectivity index (χ1v) is 7.59. The van der Waals surface area contributed by atoms with Gasteiger partial charge in [0.15, 0.2) is 0 Å². The molecule has 120 valence electrons. The van der Waals surface area contributed by atoms with Gasteiger partial charge in [-0.15, -0.1) is 0 Å². The number of nitrogens with two attached hydrogens (primary N) is 1. The molecule has 0 spiro atoms. The Morgan fingerprint density at radius 1 is 1.04 bits per heavy atom. The number of nitrogens with one attached hydrogen (secondary N) is 2. The molecule has 0 aliphatic heterocycles. The molecule has 0 aliphatic carbocycles. The quantitative estimate of drug-likeness (QED) is 0.745. The third-order valence-corrected chi connectivity index (χ3v) is 3.85. The summed E-state index contributed by atoms with van der Waals surface area (Å²) in [5.74, 6) is -0.169. The van der Waals surface area contributed by atoms with Gasteiger partial charge in [0.25, 0.3) is 0 Å². The van der Waals surface area contributed by atoms with Crippen molar-refractivity contribution in [3.05, 3.63) is 42.5 Å². The summed E-state index contributed by atoms with van der Waals surface area (Å²) >= 11 is 1.52. The van der Waals surface area contributed by atoms with E-state index in [0.717, 1.165) is 9.79 Å². The number of hydrogen-bond donors (Lipinski definition) is 3. The highest BCUT2D eigenvalue weighted by Gasteiger charge is 2.05. The maximum Gasteiger partial charge on any atom is 0.411 e. The van der Waals surface area contributed by atoms with Crippen LogP contribution in [0, 0.1) is 0 Å². The van der Waals surface area contributed by atoms with Gasteiger partial charge in [-0.2, -0.15) is 0 Å². The number of anilines is 3. The number of carbonyl (C=O) groups excluding carboxylic acids is 2. The van der Waals surface area contributed by atoms with Crippen molar-refractivity contribution in [2.75, 3.05) is 23.5 Å². The van der Waals surface area contributed by atoms with Gasteiger partial charge in [0.05, 0.1) is 18.5 Å². The van der Waals surface area contributed by atoms with Crippen LogP contribution in [0.5, 0.6) is 0 Å². The Balaban J connectivity index is 2.10. The van der Waals surface area contributed by atoms with Crippen LogP contribution in [0.4, 0.5) is 21.9 Å². The number of methoxy groups -OCH3 is 1. The van der Waals surface area contributed by atoms with Crippen LogP contribution in [0.3, 0.4) is 0 Å². The lowest BCUT2D eigenvalue weighted by Crippen LogP contribution is -2.10. The van der Waals surface area contributed by atoms with Gasteiger partial charge in [0.1, 0.15) is 0 Å². The van der Waals surface area contributed by atoms with E-state index in [9.17, 15) is 9.59 Å². The lowest BCUT2D eigenvalue weighted by molar-refractivity contribution is -0.114. The summed E-state index contributed by atoms with van der Waals surface area (Å²) in [5, 5.41) is 5.28. The van der Waals surface area contributed by atoms with Crippen LogP contribution >= 0.6 is 11.8 Å². The second kappa shape index (κ2) is 7.55. The van der Waals surface area contributed by atoms with E-state index >= 15 is 0 Å². The predicted octanol–water partition coefficient (Wildman–Crippen LogP) is 3.56. The van der Waals surface area contributed by atoms with Crippen LogP contribution in [0.2, 0.25) is 0 Å². The Labute approximate surface area is 138 Å². The molecule has 2 aromatic rings. The van der Waals surface area contributed by atoms with Gasteiger partial charge >= 0.3 is 6.09 Å². The molecular formula is C16H17N3O3S.